The highest BCUT2D eigenvalue weighted by Gasteiger charge is 2.17. The van der Waals surface area contributed by atoms with Gasteiger partial charge in [-0.3, -0.25) is 0 Å². The molecule has 0 saturated carbocycles. The minimum atomic E-state index is 0. The van der Waals surface area contributed by atoms with Crippen molar-refractivity contribution in [2.45, 2.75) is 39.2 Å². The number of pyridine rings is 2. The lowest BCUT2D eigenvalue weighted by Gasteiger charge is -2.00. The summed E-state index contributed by atoms with van der Waals surface area (Å²) >= 11 is 0. The van der Waals surface area contributed by atoms with E-state index in [4.69, 9.17) is 0 Å². The molecule has 0 radical (unpaired) electrons. The quantitative estimate of drug-likeness (QED) is 0.210. The fourth-order valence-electron chi connectivity index (χ4n) is 3.80. The van der Waals surface area contributed by atoms with Gasteiger partial charge in [-0.05, 0) is 23.6 Å². The Kier molecular flexibility index (Phi) is 7.42. The van der Waals surface area contributed by atoms with Crippen molar-refractivity contribution in [3.8, 4) is 22.4 Å². The first-order chi connectivity index (χ1) is 13.8. The van der Waals surface area contributed by atoms with Crippen LogP contribution in [-0.4, -0.2) is 4.40 Å². The number of fused-ring (bicyclic) bond motifs is 1. The summed E-state index contributed by atoms with van der Waals surface area (Å²) in [5, 5.41) is 0. The SMILES string of the molecule is CCCCCC[n+]1ccc(-c2cn3ccc(-c4ccccc4)cc3[n+]2C)cc1.[I-]. The van der Waals surface area contributed by atoms with Gasteiger partial charge in [0.2, 0.25) is 0 Å². The van der Waals surface area contributed by atoms with Gasteiger partial charge in [-0.1, -0.05) is 50.1 Å². The lowest BCUT2D eigenvalue weighted by atomic mass is 10.1. The summed E-state index contributed by atoms with van der Waals surface area (Å²) in [6.07, 6.45) is 14.0. The second kappa shape index (κ2) is 10.0. The summed E-state index contributed by atoms with van der Waals surface area (Å²) in [5.74, 6) is 0. The van der Waals surface area contributed by atoms with Crippen molar-refractivity contribution in [3.05, 3.63) is 79.4 Å². The molecule has 4 rings (SSSR count). The van der Waals surface area contributed by atoms with E-state index in [1.807, 2.05) is 0 Å². The smallest absolute Gasteiger partial charge is 0.287 e. The van der Waals surface area contributed by atoms with Crippen LogP contribution in [0.15, 0.2) is 79.4 Å². The number of nitrogens with zero attached hydrogens (tertiary/aromatic N) is 3. The van der Waals surface area contributed by atoms with Gasteiger partial charge < -0.3 is 24.0 Å². The third kappa shape index (κ3) is 4.86. The molecule has 0 N–H and O–H groups in total. The molecular weight excluding hydrogens is 469 g/mol. The van der Waals surface area contributed by atoms with Crippen molar-refractivity contribution < 1.29 is 33.1 Å². The Labute approximate surface area is 190 Å². The van der Waals surface area contributed by atoms with E-state index in [1.165, 1.54) is 53.7 Å². The fourth-order valence-corrected chi connectivity index (χ4v) is 3.80. The number of rotatable bonds is 7. The maximum absolute atomic E-state index is 2.29. The first kappa shape index (κ1) is 21.5. The Morgan fingerprint density at radius 2 is 1.59 bits per heavy atom. The lowest BCUT2D eigenvalue weighted by Crippen LogP contribution is -3.00. The Morgan fingerprint density at radius 3 is 2.31 bits per heavy atom. The summed E-state index contributed by atoms with van der Waals surface area (Å²) in [7, 11) is 2.14. The third-order valence-electron chi connectivity index (χ3n) is 5.49. The maximum atomic E-state index is 2.29. The minimum Gasteiger partial charge on any atom is -1.00 e. The molecule has 0 amide bonds. The Hall–Kier alpha value is -2.21. The van der Waals surface area contributed by atoms with Crippen LogP contribution in [0.3, 0.4) is 0 Å². The molecule has 29 heavy (non-hydrogen) atoms. The molecule has 0 fully saturated rings. The average molecular weight is 498 g/mol. The largest absolute Gasteiger partial charge is 1.00 e. The van der Waals surface area contributed by atoms with E-state index in [9.17, 15) is 0 Å². The van der Waals surface area contributed by atoms with Gasteiger partial charge in [0, 0.05) is 30.2 Å². The molecule has 1 aromatic carbocycles. The molecule has 0 aliphatic heterocycles. The molecule has 4 heteroatoms. The predicted molar refractivity (Wildman–Crippen MR) is 114 cm³/mol. The van der Waals surface area contributed by atoms with E-state index in [2.05, 4.69) is 107 Å². The molecule has 3 heterocycles. The molecule has 3 aromatic heterocycles. The van der Waals surface area contributed by atoms with Crippen LogP contribution in [0.25, 0.3) is 28.0 Å². The van der Waals surface area contributed by atoms with E-state index in [0.717, 1.165) is 6.54 Å². The monoisotopic (exact) mass is 498 g/mol. The van der Waals surface area contributed by atoms with Crippen LogP contribution >= 0.6 is 0 Å². The van der Waals surface area contributed by atoms with Crippen molar-refractivity contribution in [2.24, 2.45) is 7.05 Å². The van der Waals surface area contributed by atoms with Crippen LogP contribution in [0.1, 0.15) is 32.6 Å². The second-order valence-electron chi connectivity index (χ2n) is 7.51. The molecule has 0 spiro atoms. The van der Waals surface area contributed by atoms with Crippen LogP contribution in [0.4, 0.5) is 0 Å². The Balaban J connectivity index is 0.00000240. The zero-order chi connectivity index (χ0) is 19.3. The van der Waals surface area contributed by atoms with Gasteiger partial charge in [0.25, 0.3) is 5.65 Å². The second-order valence-corrected chi connectivity index (χ2v) is 7.51. The number of hydrogen-bond donors (Lipinski definition) is 0. The number of imidazole rings is 1. The van der Waals surface area contributed by atoms with Gasteiger partial charge in [-0.15, -0.1) is 0 Å². The zero-order valence-corrected chi connectivity index (χ0v) is 19.4. The van der Waals surface area contributed by atoms with Crippen molar-refractivity contribution >= 4 is 5.65 Å². The number of aromatic nitrogens is 3. The number of unbranched alkanes of at least 4 members (excludes halogenated alkanes) is 3. The van der Waals surface area contributed by atoms with Crippen LogP contribution in [0.2, 0.25) is 0 Å². The fraction of sp³-hybridized carbons (Fsp3) is 0.280. The van der Waals surface area contributed by atoms with Crippen LogP contribution in [0, 0.1) is 0 Å². The Morgan fingerprint density at radius 1 is 0.828 bits per heavy atom. The minimum absolute atomic E-state index is 0. The predicted octanol–water partition coefficient (Wildman–Crippen LogP) is 1.97. The lowest BCUT2D eigenvalue weighted by molar-refractivity contribution is -0.697. The summed E-state index contributed by atoms with van der Waals surface area (Å²) in [6.45, 7) is 3.36. The molecule has 150 valence electrons. The van der Waals surface area contributed by atoms with Crippen molar-refractivity contribution in [1.29, 1.82) is 0 Å². The standard InChI is InChI=1S/C25H29N3.HI/c1-3-4-5-9-15-27-16-12-22(13-17-27)24-20-28-18-14-23(19-25(28)26(24)2)21-10-7-6-8-11-21;/h6-8,10-14,16-20H,3-5,9,15H2,1-2H3;1H/q+2;/p-1. The highest BCUT2D eigenvalue weighted by atomic mass is 127. The molecule has 3 nitrogen and oxygen atoms in total. The topological polar surface area (TPSA) is 12.2 Å². The van der Waals surface area contributed by atoms with E-state index < -0.39 is 0 Å². The van der Waals surface area contributed by atoms with Crippen LogP contribution < -0.4 is 33.1 Å². The van der Waals surface area contributed by atoms with Crippen molar-refractivity contribution in [1.82, 2.24) is 4.40 Å². The molecule has 0 aliphatic rings. The van der Waals surface area contributed by atoms with Gasteiger partial charge in [0.05, 0.1) is 13.2 Å². The summed E-state index contributed by atoms with van der Waals surface area (Å²) < 4.78 is 6.77. The average Bonchev–Trinajstić information content (AvgIpc) is 3.08. The van der Waals surface area contributed by atoms with Crippen molar-refractivity contribution in [3.63, 3.8) is 0 Å². The molecule has 0 atom stereocenters. The van der Waals surface area contributed by atoms with E-state index >= 15 is 0 Å². The van der Waals surface area contributed by atoms with Gasteiger partial charge in [-0.2, -0.15) is 0 Å². The Bertz CT molecular complexity index is 1050. The number of aryl methyl sites for hydroxylation is 2. The van der Waals surface area contributed by atoms with Gasteiger partial charge >= 0.3 is 0 Å². The molecule has 0 bridgehead atoms. The molecular formula is C25H29IN3+. The van der Waals surface area contributed by atoms with Crippen LogP contribution in [-0.2, 0) is 13.6 Å². The zero-order valence-electron chi connectivity index (χ0n) is 17.3. The summed E-state index contributed by atoms with van der Waals surface area (Å²) in [4.78, 5) is 0. The van der Waals surface area contributed by atoms with Gasteiger partial charge in [0.1, 0.15) is 12.7 Å². The van der Waals surface area contributed by atoms with Gasteiger partial charge in [0.15, 0.2) is 18.1 Å². The first-order valence-corrected chi connectivity index (χ1v) is 10.3. The molecule has 0 aliphatic carbocycles. The number of benzene rings is 1. The highest BCUT2D eigenvalue weighted by Crippen LogP contribution is 2.22. The highest BCUT2D eigenvalue weighted by molar-refractivity contribution is 5.67. The normalized spacial score (nSPS) is 10.8. The van der Waals surface area contributed by atoms with Gasteiger partial charge in [-0.25, -0.2) is 13.5 Å². The summed E-state index contributed by atoms with van der Waals surface area (Å²) in [6, 6.07) is 19.5. The van der Waals surface area contributed by atoms with E-state index in [1.54, 1.807) is 0 Å². The van der Waals surface area contributed by atoms with E-state index in [-0.39, 0.29) is 24.0 Å². The third-order valence-corrected chi connectivity index (χ3v) is 5.49. The molecule has 0 saturated heterocycles. The first-order valence-electron chi connectivity index (χ1n) is 10.3. The molecule has 0 unspecified atom stereocenters. The number of halogens is 1. The maximum Gasteiger partial charge on any atom is 0.287 e. The van der Waals surface area contributed by atoms with E-state index in [0.29, 0.717) is 0 Å². The summed E-state index contributed by atoms with van der Waals surface area (Å²) in [5.41, 5.74) is 6.15. The number of hydrogen-bond acceptors (Lipinski definition) is 0. The van der Waals surface area contributed by atoms with Crippen molar-refractivity contribution in [2.75, 3.05) is 0 Å². The van der Waals surface area contributed by atoms with Crippen LogP contribution in [0.5, 0.6) is 0 Å². The molecule has 4 aromatic rings.